The third-order valence-corrected chi connectivity index (χ3v) is 1.46. The lowest BCUT2D eigenvalue weighted by atomic mass is 10.2. The molecular formula is C9H10O3. The third kappa shape index (κ3) is 2.07. The molecule has 0 aliphatic rings. The van der Waals surface area contributed by atoms with E-state index in [2.05, 4.69) is 4.74 Å². The summed E-state index contributed by atoms with van der Waals surface area (Å²) in [7, 11) is 1.49. The van der Waals surface area contributed by atoms with Crippen LogP contribution in [0.25, 0.3) is 0 Å². The van der Waals surface area contributed by atoms with Crippen LogP contribution in [0.1, 0.15) is 11.9 Å². The zero-order valence-electron chi connectivity index (χ0n) is 6.77. The lowest BCUT2D eigenvalue weighted by Crippen LogP contribution is -2.04. The summed E-state index contributed by atoms with van der Waals surface area (Å²) in [6, 6.07) is 9.26. The molecule has 0 saturated carbocycles. The number of methoxy groups -OCH3 is 1. The highest BCUT2D eigenvalue weighted by Gasteiger charge is 2.08. The molecule has 0 aliphatic carbocycles. The highest BCUT2D eigenvalue weighted by Crippen LogP contribution is 2.15. The second-order valence-electron chi connectivity index (χ2n) is 2.21. The molecule has 3 heteroatoms. The molecule has 0 fully saturated rings. The van der Waals surface area contributed by atoms with Crippen LogP contribution in [-0.4, -0.2) is 13.6 Å². The molecule has 0 aliphatic heterocycles. The van der Waals surface area contributed by atoms with Crippen LogP contribution in [-0.2, 0) is 14.3 Å². The average Bonchev–Trinajstić information content (AvgIpc) is 2.15. The lowest BCUT2D eigenvalue weighted by molar-refractivity contribution is -0.159. The predicted octanol–water partition coefficient (Wildman–Crippen LogP) is 1.50. The van der Waals surface area contributed by atoms with Crippen molar-refractivity contribution in [3.8, 4) is 0 Å². The molecule has 1 atom stereocenters. The number of carbonyl (C=O) groups excluding carboxylic acids is 1. The van der Waals surface area contributed by atoms with Gasteiger partial charge in [-0.05, 0) is 0 Å². The van der Waals surface area contributed by atoms with Gasteiger partial charge in [0.1, 0.15) is 0 Å². The van der Waals surface area contributed by atoms with Crippen LogP contribution in [0.2, 0.25) is 0 Å². The van der Waals surface area contributed by atoms with Gasteiger partial charge in [-0.25, -0.2) is 0 Å². The van der Waals surface area contributed by atoms with E-state index in [4.69, 9.17) is 4.74 Å². The summed E-state index contributed by atoms with van der Waals surface area (Å²) >= 11 is 0. The molecule has 12 heavy (non-hydrogen) atoms. The molecule has 0 unspecified atom stereocenters. The molecule has 0 aromatic heterocycles. The zero-order valence-corrected chi connectivity index (χ0v) is 6.77. The molecule has 0 amide bonds. The lowest BCUT2D eigenvalue weighted by Gasteiger charge is -2.12. The number of benzene rings is 1. The van der Waals surface area contributed by atoms with Crippen LogP contribution in [0.5, 0.6) is 0 Å². The minimum absolute atomic E-state index is 0.376. The molecule has 0 bridgehead atoms. The zero-order chi connectivity index (χ0) is 8.81. The van der Waals surface area contributed by atoms with Gasteiger partial charge >= 0.3 is 0 Å². The van der Waals surface area contributed by atoms with Gasteiger partial charge in [-0.15, -0.1) is 0 Å². The molecule has 64 valence electrons. The van der Waals surface area contributed by atoms with Gasteiger partial charge in [0, 0.05) is 12.7 Å². The smallest absolute Gasteiger partial charge is 0.295 e. The number of hydrogen-bond acceptors (Lipinski definition) is 3. The molecular weight excluding hydrogens is 156 g/mol. The van der Waals surface area contributed by atoms with Crippen molar-refractivity contribution >= 4 is 6.47 Å². The van der Waals surface area contributed by atoms with Gasteiger partial charge < -0.3 is 9.47 Å². The fourth-order valence-corrected chi connectivity index (χ4v) is 0.931. The van der Waals surface area contributed by atoms with Crippen molar-refractivity contribution in [1.82, 2.24) is 0 Å². The van der Waals surface area contributed by atoms with Crippen molar-refractivity contribution in [2.75, 3.05) is 7.11 Å². The van der Waals surface area contributed by atoms with Crippen molar-refractivity contribution in [1.29, 1.82) is 0 Å². The summed E-state index contributed by atoms with van der Waals surface area (Å²) in [5.74, 6) is 0. The second-order valence-corrected chi connectivity index (χ2v) is 2.21. The van der Waals surface area contributed by atoms with E-state index in [-0.39, 0.29) is 0 Å². The van der Waals surface area contributed by atoms with E-state index in [0.717, 1.165) is 5.56 Å². The van der Waals surface area contributed by atoms with Crippen LogP contribution in [0.4, 0.5) is 0 Å². The molecule has 3 nitrogen and oxygen atoms in total. The standard InChI is InChI=1S/C9H10O3/c1-11-9(12-7-10)8-5-3-2-4-6-8/h2-7,9H,1H3/t9-/m1/s1. The SMILES string of the molecule is CO[C@H](OC=O)c1ccccc1. The average molecular weight is 166 g/mol. The predicted molar refractivity (Wildman–Crippen MR) is 43.3 cm³/mol. The summed E-state index contributed by atoms with van der Waals surface area (Å²) in [6.07, 6.45) is -0.594. The Balaban J connectivity index is 2.72. The van der Waals surface area contributed by atoms with Crippen molar-refractivity contribution in [2.24, 2.45) is 0 Å². The van der Waals surface area contributed by atoms with Gasteiger partial charge in [0.05, 0.1) is 0 Å². The topological polar surface area (TPSA) is 35.5 Å². The molecule has 0 N–H and O–H groups in total. The molecule has 0 saturated heterocycles. The molecule has 1 aromatic carbocycles. The van der Waals surface area contributed by atoms with E-state index in [1.54, 1.807) is 0 Å². The normalized spacial score (nSPS) is 12.1. The van der Waals surface area contributed by atoms with E-state index >= 15 is 0 Å². The summed E-state index contributed by atoms with van der Waals surface area (Å²) in [5.41, 5.74) is 0.826. The van der Waals surface area contributed by atoms with Gasteiger partial charge in [-0.3, -0.25) is 4.79 Å². The number of rotatable bonds is 4. The summed E-state index contributed by atoms with van der Waals surface area (Å²) < 4.78 is 9.60. The minimum atomic E-state index is -0.594. The Morgan fingerprint density at radius 3 is 2.50 bits per heavy atom. The van der Waals surface area contributed by atoms with Crippen LogP contribution in [0.3, 0.4) is 0 Å². The van der Waals surface area contributed by atoms with Crippen LogP contribution >= 0.6 is 0 Å². The Kier molecular flexibility index (Phi) is 3.29. The van der Waals surface area contributed by atoms with Gasteiger partial charge in [-0.1, -0.05) is 30.3 Å². The first-order valence-electron chi connectivity index (χ1n) is 3.55. The molecule has 0 spiro atoms. The highest BCUT2D eigenvalue weighted by molar-refractivity contribution is 5.38. The number of ether oxygens (including phenoxy) is 2. The Hall–Kier alpha value is -1.35. The maximum atomic E-state index is 10.0. The summed E-state index contributed by atoms with van der Waals surface area (Å²) in [4.78, 5) is 10.0. The van der Waals surface area contributed by atoms with Gasteiger partial charge in [0.15, 0.2) is 0 Å². The Morgan fingerprint density at radius 2 is 2.00 bits per heavy atom. The van der Waals surface area contributed by atoms with Gasteiger partial charge in [0.2, 0.25) is 6.29 Å². The first kappa shape index (κ1) is 8.74. The Morgan fingerprint density at radius 1 is 1.33 bits per heavy atom. The third-order valence-electron chi connectivity index (χ3n) is 1.46. The Bertz CT molecular complexity index is 233. The largest absolute Gasteiger partial charge is 0.433 e. The van der Waals surface area contributed by atoms with Crippen LogP contribution < -0.4 is 0 Å². The number of carbonyl (C=O) groups is 1. The summed E-state index contributed by atoms with van der Waals surface area (Å²) in [5, 5.41) is 0. The monoisotopic (exact) mass is 166 g/mol. The van der Waals surface area contributed by atoms with Gasteiger partial charge in [-0.2, -0.15) is 0 Å². The van der Waals surface area contributed by atoms with Crippen LogP contribution in [0, 0.1) is 0 Å². The maximum absolute atomic E-state index is 10.0. The van der Waals surface area contributed by atoms with E-state index in [1.807, 2.05) is 30.3 Å². The highest BCUT2D eigenvalue weighted by atomic mass is 16.7. The molecule has 1 aromatic rings. The summed E-state index contributed by atoms with van der Waals surface area (Å²) in [6.45, 7) is 0.376. The fourth-order valence-electron chi connectivity index (χ4n) is 0.931. The first-order valence-corrected chi connectivity index (χ1v) is 3.55. The van der Waals surface area contributed by atoms with Gasteiger partial charge in [0.25, 0.3) is 6.47 Å². The van der Waals surface area contributed by atoms with E-state index in [0.29, 0.717) is 6.47 Å². The first-order chi connectivity index (χ1) is 5.88. The number of hydrogen-bond donors (Lipinski definition) is 0. The van der Waals surface area contributed by atoms with E-state index in [1.165, 1.54) is 7.11 Å². The second kappa shape index (κ2) is 4.51. The van der Waals surface area contributed by atoms with Crippen molar-refractivity contribution in [3.63, 3.8) is 0 Å². The van der Waals surface area contributed by atoms with E-state index in [9.17, 15) is 4.79 Å². The van der Waals surface area contributed by atoms with Crippen molar-refractivity contribution < 1.29 is 14.3 Å². The molecule has 0 heterocycles. The quantitative estimate of drug-likeness (QED) is 0.502. The van der Waals surface area contributed by atoms with Crippen LogP contribution in [0.15, 0.2) is 30.3 Å². The molecule has 1 rings (SSSR count). The maximum Gasteiger partial charge on any atom is 0.295 e. The minimum Gasteiger partial charge on any atom is -0.433 e. The Labute approximate surface area is 70.9 Å². The van der Waals surface area contributed by atoms with Crippen molar-refractivity contribution in [2.45, 2.75) is 6.29 Å². The van der Waals surface area contributed by atoms with Crippen molar-refractivity contribution in [3.05, 3.63) is 35.9 Å². The van der Waals surface area contributed by atoms with E-state index < -0.39 is 6.29 Å². The molecule has 0 radical (unpaired) electrons. The fraction of sp³-hybridized carbons (Fsp3) is 0.222.